The summed E-state index contributed by atoms with van der Waals surface area (Å²) in [6.45, 7) is 4.37. The van der Waals surface area contributed by atoms with Gasteiger partial charge in [-0.3, -0.25) is 20.2 Å². The smallest absolute Gasteiger partial charge is 0.270 e. The van der Waals surface area contributed by atoms with E-state index in [4.69, 9.17) is 0 Å². The van der Waals surface area contributed by atoms with Crippen LogP contribution in [0, 0.1) is 10.1 Å². The second-order valence-electron chi connectivity index (χ2n) is 6.64. The number of amides is 1. The molecular formula is C22H21N3O3S. The topological polar surface area (TPSA) is 85.1 Å². The number of non-ortho nitro benzene ring substituents is 1. The summed E-state index contributed by atoms with van der Waals surface area (Å²) in [6, 6.07) is 14.4. The monoisotopic (exact) mass is 407 g/mol. The zero-order chi connectivity index (χ0) is 20.8. The van der Waals surface area contributed by atoms with Gasteiger partial charge in [0, 0.05) is 29.2 Å². The lowest BCUT2D eigenvalue weighted by molar-refractivity contribution is -0.384. The summed E-state index contributed by atoms with van der Waals surface area (Å²) >= 11 is 1.35. The fraction of sp³-hybridized carbons (Fsp3) is 0.182. The predicted molar refractivity (Wildman–Crippen MR) is 117 cm³/mol. The molecule has 0 saturated carbocycles. The Balaban J connectivity index is 1.64. The van der Waals surface area contributed by atoms with Crippen LogP contribution in [0.3, 0.4) is 0 Å². The number of nitrogens with one attached hydrogen (secondary N) is 1. The number of carbonyl (C=O) groups excluding carboxylic acids is 1. The molecule has 0 spiro atoms. The molecule has 1 unspecified atom stereocenters. The summed E-state index contributed by atoms with van der Waals surface area (Å²) in [7, 11) is 0. The number of nitrogens with zero attached hydrogens (tertiary/aromatic N) is 2. The van der Waals surface area contributed by atoms with E-state index in [9.17, 15) is 14.9 Å². The van der Waals surface area contributed by atoms with E-state index in [2.05, 4.69) is 36.3 Å². The van der Waals surface area contributed by atoms with Crippen molar-refractivity contribution in [2.75, 3.05) is 5.32 Å². The van der Waals surface area contributed by atoms with Crippen LogP contribution < -0.4 is 5.32 Å². The molecule has 1 heterocycles. The molecule has 1 aromatic heterocycles. The lowest BCUT2D eigenvalue weighted by atomic mass is 9.97. The number of rotatable bonds is 7. The van der Waals surface area contributed by atoms with Crippen molar-refractivity contribution in [3.63, 3.8) is 0 Å². The number of thiazole rings is 1. The molecule has 1 amide bonds. The maximum atomic E-state index is 12.1. The summed E-state index contributed by atoms with van der Waals surface area (Å²) in [5, 5.41) is 15.9. The van der Waals surface area contributed by atoms with Crippen LogP contribution in [-0.2, 0) is 4.79 Å². The van der Waals surface area contributed by atoms with Crippen molar-refractivity contribution in [1.82, 2.24) is 4.98 Å². The van der Waals surface area contributed by atoms with Crippen molar-refractivity contribution in [3.05, 3.63) is 81.2 Å². The Morgan fingerprint density at radius 3 is 2.72 bits per heavy atom. The molecule has 29 heavy (non-hydrogen) atoms. The second-order valence-corrected chi connectivity index (χ2v) is 7.50. The molecule has 0 aliphatic heterocycles. The van der Waals surface area contributed by atoms with Crippen molar-refractivity contribution in [2.24, 2.45) is 0 Å². The standard InChI is InChI=1S/C22H21N3O3S/c1-3-15(2)17-8-10-18(11-9-17)20-14-29-22(23-20)24-21(26)12-7-16-5-4-6-19(13-16)25(27)28/h4-15H,3H2,1-2H3,(H,23,24,26)/b12-7+. The molecule has 1 N–H and O–H groups in total. The third-order valence-corrected chi connectivity index (χ3v) is 5.39. The quantitative estimate of drug-likeness (QED) is 0.301. The van der Waals surface area contributed by atoms with Gasteiger partial charge in [-0.25, -0.2) is 4.98 Å². The molecule has 1 atom stereocenters. The summed E-state index contributed by atoms with van der Waals surface area (Å²) in [4.78, 5) is 27.0. The summed E-state index contributed by atoms with van der Waals surface area (Å²) in [5.74, 6) is 0.177. The lowest BCUT2D eigenvalue weighted by Crippen LogP contribution is -2.07. The van der Waals surface area contributed by atoms with Gasteiger partial charge in [0.2, 0.25) is 5.91 Å². The van der Waals surface area contributed by atoms with E-state index < -0.39 is 4.92 Å². The molecule has 7 heteroatoms. The Kier molecular flexibility index (Phi) is 6.51. The number of aromatic nitrogens is 1. The van der Waals surface area contributed by atoms with Gasteiger partial charge in [0.05, 0.1) is 10.6 Å². The van der Waals surface area contributed by atoms with Crippen LogP contribution in [0.25, 0.3) is 17.3 Å². The van der Waals surface area contributed by atoms with Gasteiger partial charge in [-0.1, -0.05) is 50.2 Å². The van der Waals surface area contributed by atoms with Crippen molar-refractivity contribution >= 4 is 34.1 Å². The van der Waals surface area contributed by atoms with Crippen LogP contribution in [-0.4, -0.2) is 15.8 Å². The van der Waals surface area contributed by atoms with Gasteiger partial charge in [0.1, 0.15) is 0 Å². The number of hydrogen-bond acceptors (Lipinski definition) is 5. The molecule has 6 nitrogen and oxygen atoms in total. The Bertz CT molecular complexity index is 1040. The second kappa shape index (κ2) is 9.25. The molecule has 0 aliphatic carbocycles. The van der Waals surface area contributed by atoms with Crippen LogP contribution >= 0.6 is 11.3 Å². The van der Waals surface area contributed by atoms with E-state index >= 15 is 0 Å². The van der Waals surface area contributed by atoms with Crippen molar-refractivity contribution in [3.8, 4) is 11.3 Å². The summed E-state index contributed by atoms with van der Waals surface area (Å²) in [6.07, 6.45) is 3.96. The fourth-order valence-electron chi connectivity index (χ4n) is 2.74. The molecule has 0 radical (unpaired) electrons. The Morgan fingerprint density at radius 1 is 1.28 bits per heavy atom. The van der Waals surface area contributed by atoms with Crippen molar-refractivity contribution < 1.29 is 9.72 Å². The van der Waals surface area contributed by atoms with E-state index in [1.54, 1.807) is 12.1 Å². The molecule has 0 saturated heterocycles. The van der Waals surface area contributed by atoms with Crippen molar-refractivity contribution in [1.29, 1.82) is 0 Å². The SMILES string of the molecule is CCC(C)c1ccc(-c2csc(NC(=O)/C=C/c3cccc([N+](=O)[O-])c3)n2)cc1. The first-order chi connectivity index (χ1) is 14.0. The largest absolute Gasteiger partial charge is 0.298 e. The van der Waals surface area contributed by atoms with Gasteiger partial charge in [0.15, 0.2) is 5.13 Å². The minimum absolute atomic E-state index is 0.0172. The first kappa shape index (κ1) is 20.4. The minimum Gasteiger partial charge on any atom is -0.298 e. The average Bonchev–Trinajstić information content (AvgIpc) is 3.20. The van der Waals surface area contributed by atoms with Crippen LogP contribution in [0.4, 0.5) is 10.8 Å². The zero-order valence-corrected chi connectivity index (χ0v) is 17.0. The van der Waals surface area contributed by atoms with Gasteiger partial charge in [-0.2, -0.15) is 0 Å². The van der Waals surface area contributed by atoms with Gasteiger partial charge in [-0.15, -0.1) is 11.3 Å². The number of anilines is 1. The van der Waals surface area contributed by atoms with E-state index in [1.165, 1.54) is 41.2 Å². The molecule has 3 rings (SSSR count). The van der Waals surface area contributed by atoms with Gasteiger partial charge in [-0.05, 0) is 29.5 Å². The highest BCUT2D eigenvalue weighted by atomic mass is 32.1. The molecule has 3 aromatic rings. The highest BCUT2D eigenvalue weighted by Gasteiger charge is 2.09. The maximum Gasteiger partial charge on any atom is 0.270 e. The fourth-order valence-corrected chi connectivity index (χ4v) is 3.47. The molecule has 148 valence electrons. The number of carbonyl (C=O) groups is 1. The number of nitro groups is 1. The Morgan fingerprint density at radius 2 is 2.03 bits per heavy atom. The number of nitro benzene ring substituents is 1. The normalized spacial score (nSPS) is 12.1. The first-order valence-electron chi connectivity index (χ1n) is 9.25. The first-order valence-corrected chi connectivity index (χ1v) is 10.1. The highest BCUT2D eigenvalue weighted by molar-refractivity contribution is 7.14. The summed E-state index contributed by atoms with van der Waals surface area (Å²) < 4.78 is 0. The van der Waals surface area contributed by atoms with E-state index in [1.807, 2.05) is 17.5 Å². The van der Waals surface area contributed by atoms with Crippen LogP contribution in [0.2, 0.25) is 0 Å². The Labute approximate surface area is 173 Å². The van der Waals surface area contributed by atoms with Crippen molar-refractivity contribution in [2.45, 2.75) is 26.2 Å². The van der Waals surface area contributed by atoms with E-state index in [-0.39, 0.29) is 11.6 Å². The Hall–Kier alpha value is -3.32. The molecule has 0 bridgehead atoms. The minimum atomic E-state index is -0.468. The molecule has 0 aliphatic rings. The molecule has 2 aromatic carbocycles. The third-order valence-electron chi connectivity index (χ3n) is 4.63. The van der Waals surface area contributed by atoms with Crippen LogP contribution in [0.1, 0.15) is 37.3 Å². The zero-order valence-electron chi connectivity index (χ0n) is 16.2. The van der Waals surface area contributed by atoms with Gasteiger partial charge in [0.25, 0.3) is 5.69 Å². The highest BCUT2D eigenvalue weighted by Crippen LogP contribution is 2.27. The predicted octanol–water partition coefficient (Wildman–Crippen LogP) is 5.88. The van der Waals surface area contributed by atoms with Gasteiger partial charge >= 0.3 is 0 Å². The number of hydrogen-bond donors (Lipinski definition) is 1. The average molecular weight is 407 g/mol. The molecular weight excluding hydrogens is 386 g/mol. The van der Waals surface area contributed by atoms with Crippen LogP contribution in [0.5, 0.6) is 0 Å². The maximum absolute atomic E-state index is 12.1. The van der Waals surface area contributed by atoms with Gasteiger partial charge < -0.3 is 0 Å². The third kappa shape index (κ3) is 5.36. The summed E-state index contributed by atoms with van der Waals surface area (Å²) in [5.41, 5.74) is 3.67. The van der Waals surface area contributed by atoms with Crippen LogP contribution in [0.15, 0.2) is 60.0 Å². The molecule has 0 fully saturated rings. The lowest BCUT2D eigenvalue weighted by Gasteiger charge is -2.08. The van der Waals surface area contributed by atoms with E-state index in [0.717, 1.165) is 17.7 Å². The number of benzene rings is 2. The van der Waals surface area contributed by atoms with E-state index in [0.29, 0.717) is 16.6 Å².